The molecule has 1 aliphatic carbocycles. The zero-order chi connectivity index (χ0) is 14.9. The lowest BCUT2D eigenvalue weighted by Gasteiger charge is -2.21. The molecule has 0 aromatic heterocycles. The Bertz CT molecular complexity index is 412. The molecule has 1 aliphatic rings. The first-order chi connectivity index (χ1) is 10.3. The summed E-state index contributed by atoms with van der Waals surface area (Å²) in [6.45, 7) is 1.04. The Morgan fingerprint density at radius 3 is 2.29 bits per heavy atom. The largest absolute Gasteiger partial charge is 0.493 e. The number of hydrogen-bond donors (Lipinski definition) is 1. The van der Waals surface area contributed by atoms with Gasteiger partial charge in [-0.2, -0.15) is 0 Å². The molecule has 1 aromatic rings. The van der Waals surface area contributed by atoms with Crippen LogP contribution in [-0.4, -0.2) is 26.8 Å². The summed E-state index contributed by atoms with van der Waals surface area (Å²) in [5.41, 5.74) is 1.30. The molecular weight excluding hydrogens is 262 g/mol. The first-order valence-electron chi connectivity index (χ1n) is 8.28. The fraction of sp³-hybridized carbons (Fsp3) is 0.667. The van der Waals surface area contributed by atoms with Gasteiger partial charge in [0.2, 0.25) is 0 Å². The molecule has 0 aliphatic heterocycles. The number of nitrogens with one attached hydrogen (secondary N) is 1. The Kier molecular flexibility index (Phi) is 6.87. The second-order valence-electron chi connectivity index (χ2n) is 5.94. The highest BCUT2D eigenvalue weighted by Crippen LogP contribution is 2.27. The van der Waals surface area contributed by atoms with Gasteiger partial charge in [-0.25, -0.2) is 0 Å². The lowest BCUT2D eigenvalue weighted by molar-refractivity contribution is 0.354. The first-order valence-corrected chi connectivity index (χ1v) is 8.28. The van der Waals surface area contributed by atoms with E-state index in [4.69, 9.17) is 9.47 Å². The highest BCUT2D eigenvalue weighted by atomic mass is 16.5. The lowest BCUT2D eigenvalue weighted by Crippen LogP contribution is -2.31. The van der Waals surface area contributed by atoms with Crippen LogP contribution in [0, 0.1) is 0 Å². The zero-order valence-electron chi connectivity index (χ0n) is 13.5. The smallest absolute Gasteiger partial charge is 0.160 e. The third-order valence-corrected chi connectivity index (χ3v) is 4.40. The molecule has 0 bridgehead atoms. The topological polar surface area (TPSA) is 30.5 Å². The number of methoxy groups -OCH3 is 2. The number of ether oxygens (including phenoxy) is 2. The van der Waals surface area contributed by atoms with E-state index in [2.05, 4.69) is 17.4 Å². The van der Waals surface area contributed by atoms with Crippen LogP contribution in [0.1, 0.15) is 50.5 Å². The third-order valence-electron chi connectivity index (χ3n) is 4.40. The molecule has 3 nitrogen and oxygen atoms in total. The average molecular weight is 291 g/mol. The van der Waals surface area contributed by atoms with Gasteiger partial charge >= 0.3 is 0 Å². The molecular formula is C18H29NO2. The van der Waals surface area contributed by atoms with E-state index in [9.17, 15) is 0 Å². The van der Waals surface area contributed by atoms with Crippen LogP contribution < -0.4 is 14.8 Å². The Morgan fingerprint density at radius 2 is 1.62 bits per heavy atom. The predicted molar refractivity (Wildman–Crippen MR) is 87.4 cm³/mol. The summed E-state index contributed by atoms with van der Waals surface area (Å²) in [5, 5.41) is 3.73. The van der Waals surface area contributed by atoms with Crippen LogP contribution in [0.15, 0.2) is 18.2 Å². The van der Waals surface area contributed by atoms with Crippen molar-refractivity contribution >= 4 is 0 Å². The van der Waals surface area contributed by atoms with Gasteiger partial charge < -0.3 is 14.8 Å². The van der Waals surface area contributed by atoms with Gasteiger partial charge in [0.25, 0.3) is 0 Å². The predicted octanol–water partition coefficient (Wildman–Crippen LogP) is 3.95. The molecule has 0 atom stereocenters. The summed E-state index contributed by atoms with van der Waals surface area (Å²) < 4.78 is 10.6. The SMILES string of the molecule is COc1ccc(CCNC2CCCCCCC2)cc1OC. The van der Waals surface area contributed by atoms with Crippen LogP contribution in [0.3, 0.4) is 0 Å². The number of rotatable bonds is 6. The van der Waals surface area contributed by atoms with Gasteiger partial charge in [-0.3, -0.25) is 0 Å². The summed E-state index contributed by atoms with van der Waals surface area (Å²) in [5.74, 6) is 1.62. The maximum atomic E-state index is 5.36. The maximum absolute atomic E-state index is 5.36. The van der Waals surface area contributed by atoms with Crippen molar-refractivity contribution in [1.82, 2.24) is 5.32 Å². The van der Waals surface area contributed by atoms with Gasteiger partial charge in [0.05, 0.1) is 14.2 Å². The summed E-state index contributed by atoms with van der Waals surface area (Å²) in [6.07, 6.45) is 10.7. The molecule has 1 aromatic carbocycles. The van der Waals surface area contributed by atoms with Crippen molar-refractivity contribution in [3.63, 3.8) is 0 Å². The maximum Gasteiger partial charge on any atom is 0.160 e. The molecule has 1 saturated carbocycles. The summed E-state index contributed by atoms with van der Waals surface area (Å²) >= 11 is 0. The minimum Gasteiger partial charge on any atom is -0.493 e. The first kappa shape index (κ1) is 16.2. The van der Waals surface area contributed by atoms with E-state index in [1.165, 1.54) is 50.5 Å². The molecule has 0 spiro atoms. The summed E-state index contributed by atoms with van der Waals surface area (Å²) in [4.78, 5) is 0. The molecule has 0 radical (unpaired) electrons. The normalized spacial score (nSPS) is 17.0. The Hall–Kier alpha value is -1.22. The zero-order valence-corrected chi connectivity index (χ0v) is 13.5. The Labute approximate surface area is 129 Å². The van der Waals surface area contributed by atoms with Crippen molar-refractivity contribution < 1.29 is 9.47 Å². The van der Waals surface area contributed by atoms with Crippen LogP contribution in [0.5, 0.6) is 11.5 Å². The van der Waals surface area contributed by atoms with Crippen molar-refractivity contribution in [2.45, 2.75) is 57.4 Å². The van der Waals surface area contributed by atoms with Crippen molar-refractivity contribution in [1.29, 1.82) is 0 Å². The fourth-order valence-electron chi connectivity index (χ4n) is 3.12. The van der Waals surface area contributed by atoms with Gasteiger partial charge in [-0.05, 0) is 43.5 Å². The quantitative estimate of drug-likeness (QED) is 0.861. The second-order valence-corrected chi connectivity index (χ2v) is 5.94. The Balaban J connectivity index is 1.79. The van der Waals surface area contributed by atoms with Crippen molar-refractivity contribution in [2.24, 2.45) is 0 Å². The number of hydrogen-bond acceptors (Lipinski definition) is 3. The van der Waals surface area contributed by atoms with Gasteiger partial charge in [0, 0.05) is 6.04 Å². The molecule has 0 unspecified atom stereocenters. The summed E-state index contributed by atoms with van der Waals surface area (Å²) in [6, 6.07) is 6.91. The van der Waals surface area contributed by atoms with Crippen LogP contribution in [0.25, 0.3) is 0 Å². The molecule has 0 heterocycles. The van der Waals surface area contributed by atoms with E-state index in [0.29, 0.717) is 6.04 Å². The van der Waals surface area contributed by atoms with E-state index in [-0.39, 0.29) is 0 Å². The van der Waals surface area contributed by atoms with Gasteiger partial charge in [-0.1, -0.05) is 38.2 Å². The Morgan fingerprint density at radius 1 is 0.952 bits per heavy atom. The van der Waals surface area contributed by atoms with Gasteiger partial charge in [0.15, 0.2) is 11.5 Å². The van der Waals surface area contributed by atoms with Gasteiger partial charge in [0.1, 0.15) is 0 Å². The van der Waals surface area contributed by atoms with E-state index < -0.39 is 0 Å². The lowest BCUT2D eigenvalue weighted by atomic mass is 9.96. The molecule has 1 N–H and O–H groups in total. The van der Waals surface area contributed by atoms with E-state index in [1.54, 1.807) is 14.2 Å². The minimum absolute atomic E-state index is 0.713. The second kappa shape index (κ2) is 8.93. The average Bonchev–Trinajstić information content (AvgIpc) is 2.49. The minimum atomic E-state index is 0.713. The molecule has 3 heteroatoms. The van der Waals surface area contributed by atoms with E-state index >= 15 is 0 Å². The van der Waals surface area contributed by atoms with Crippen molar-refractivity contribution in [3.05, 3.63) is 23.8 Å². The van der Waals surface area contributed by atoms with Gasteiger partial charge in [-0.15, -0.1) is 0 Å². The highest BCUT2D eigenvalue weighted by Gasteiger charge is 2.10. The third kappa shape index (κ3) is 5.24. The fourth-order valence-corrected chi connectivity index (χ4v) is 3.12. The summed E-state index contributed by atoms with van der Waals surface area (Å²) in [7, 11) is 3.36. The van der Waals surface area contributed by atoms with Crippen LogP contribution >= 0.6 is 0 Å². The molecule has 118 valence electrons. The highest BCUT2D eigenvalue weighted by molar-refractivity contribution is 5.42. The molecule has 0 amide bonds. The molecule has 2 rings (SSSR count). The van der Waals surface area contributed by atoms with Crippen LogP contribution in [-0.2, 0) is 6.42 Å². The monoisotopic (exact) mass is 291 g/mol. The van der Waals surface area contributed by atoms with E-state index in [1.807, 2.05) is 6.07 Å². The number of benzene rings is 1. The van der Waals surface area contributed by atoms with E-state index in [0.717, 1.165) is 24.5 Å². The molecule has 21 heavy (non-hydrogen) atoms. The van der Waals surface area contributed by atoms with Crippen molar-refractivity contribution in [3.8, 4) is 11.5 Å². The molecule has 0 saturated heterocycles. The van der Waals surface area contributed by atoms with Crippen LogP contribution in [0.2, 0.25) is 0 Å². The van der Waals surface area contributed by atoms with Crippen LogP contribution in [0.4, 0.5) is 0 Å². The standard InChI is InChI=1S/C18H29NO2/c1-20-17-11-10-15(14-18(17)21-2)12-13-19-16-8-6-4-3-5-7-9-16/h10-11,14,16,19H,3-9,12-13H2,1-2H3. The van der Waals surface area contributed by atoms with Crippen molar-refractivity contribution in [2.75, 3.05) is 20.8 Å². The molecule has 1 fully saturated rings.